The van der Waals surface area contributed by atoms with E-state index in [2.05, 4.69) is 0 Å². The number of esters is 1. The Labute approximate surface area is 167 Å². The van der Waals surface area contributed by atoms with Crippen LogP contribution in [0.15, 0.2) is 52.0 Å². The molecule has 0 radical (unpaired) electrons. The van der Waals surface area contributed by atoms with Gasteiger partial charge in [-0.25, -0.2) is 18.4 Å². The highest BCUT2D eigenvalue weighted by atomic mass is 32.2. The summed E-state index contributed by atoms with van der Waals surface area (Å²) >= 11 is 0. The lowest BCUT2D eigenvalue weighted by atomic mass is 10.1. The lowest BCUT2D eigenvalue weighted by Crippen LogP contribution is -2.15. The number of benzene rings is 1. The summed E-state index contributed by atoms with van der Waals surface area (Å²) < 4.78 is 34.8. The van der Waals surface area contributed by atoms with E-state index in [1.807, 2.05) is 11.5 Å². The molecule has 0 aliphatic heterocycles. The molecule has 2 N–H and O–H groups in total. The molecule has 3 aromatic rings. The molecule has 2 heterocycles. The number of nitrogens with two attached hydrogens (primary N) is 1. The highest BCUT2D eigenvalue weighted by Gasteiger charge is 2.20. The molecule has 152 valence electrons. The number of rotatable bonds is 6. The molecular formula is C20H20N2O6S. The topological polar surface area (TPSA) is 122 Å². The number of hydrogen-bond donors (Lipinski definition) is 1. The van der Waals surface area contributed by atoms with Crippen LogP contribution in [0.3, 0.4) is 0 Å². The van der Waals surface area contributed by atoms with Gasteiger partial charge in [0.1, 0.15) is 11.3 Å². The molecule has 0 saturated carbocycles. The molecule has 3 rings (SSSR count). The third-order valence-corrected chi connectivity index (χ3v) is 5.50. The Morgan fingerprint density at radius 1 is 1.07 bits per heavy atom. The number of aryl methyl sites for hydroxylation is 2. The minimum Gasteiger partial charge on any atom is -0.469 e. The van der Waals surface area contributed by atoms with Crippen molar-refractivity contribution in [2.24, 2.45) is 5.14 Å². The minimum atomic E-state index is -3.79. The summed E-state index contributed by atoms with van der Waals surface area (Å²) in [6.45, 7) is 4.80. The van der Waals surface area contributed by atoms with Crippen LogP contribution in [0.25, 0.3) is 5.69 Å². The number of carbonyl (C=O) groups excluding carboxylic acids is 2. The van der Waals surface area contributed by atoms with E-state index in [0.29, 0.717) is 22.7 Å². The van der Waals surface area contributed by atoms with Gasteiger partial charge >= 0.3 is 5.97 Å². The number of ether oxygens (including phenoxy) is 1. The quantitative estimate of drug-likeness (QED) is 0.487. The third-order valence-electron chi connectivity index (χ3n) is 4.57. The van der Waals surface area contributed by atoms with Gasteiger partial charge in [-0.3, -0.25) is 4.79 Å². The van der Waals surface area contributed by atoms with Crippen LogP contribution in [0.5, 0.6) is 0 Å². The molecule has 0 amide bonds. The normalized spacial score (nSPS) is 11.4. The number of furan rings is 1. The first-order chi connectivity index (χ1) is 13.6. The summed E-state index contributed by atoms with van der Waals surface area (Å²) in [5.74, 6) is -0.555. The summed E-state index contributed by atoms with van der Waals surface area (Å²) in [5, 5.41) is 5.12. The number of Topliss-reactive ketones (excluding diaryl/α,β-unsaturated/α-hetero) is 1. The molecule has 9 heteroatoms. The Morgan fingerprint density at radius 3 is 2.28 bits per heavy atom. The van der Waals surface area contributed by atoms with Gasteiger partial charge in [0.15, 0.2) is 6.61 Å². The van der Waals surface area contributed by atoms with Gasteiger partial charge in [-0.1, -0.05) is 0 Å². The molecular weight excluding hydrogens is 396 g/mol. The number of carbonyl (C=O) groups is 2. The Balaban J connectivity index is 1.81. The largest absolute Gasteiger partial charge is 0.469 e. The van der Waals surface area contributed by atoms with E-state index in [1.165, 1.54) is 24.5 Å². The third kappa shape index (κ3) is 4.15. The van der Waals surface area contributed by atoms with Crippen molar-refractivity contribution >= 4 is 21.8 Å². The van der Waals surface area contributed by atoms with Gasteiger partial charge in [0, 0.05) is 22.6 Å². The Hall–Kier alpha value is -3.17. The molecule has 2 aromatic heterocycles. The summed E-state index contributed by atoms with van der Waals surface area (Å²) in [6.07, 6.45) is 1.38. The zero-order valence-corrected chi connectivity index (χ0v) is 16.9. The van der Waals surface area contributed by atoms with E-state index in [9.17, 15) is 18.0 Å². The minimum absolute atomic E-state index is 0.00136. The first kappa shape index (κ1) is 20.6. The Morgan fingerprint density at radius 2 is 1.72 bits per heavy atom. The second-order valence-corrected chi connectivity index (χ2v) is 8.11. The van der Waals surface area contributed by atoms with Gasteiger partial charge in [0.25, 0.3) is 0 Å². The number of aromatic nitrogens is 1. The van der Waals surface area contributed by atoms with Crippen LogP contribution in [0, 0.1) is 20.8 Å². The van der Waals surface area contributed by atoms with Crippen LogP contribution in [0.4, 0.5) is 0 Å². The molecule has 0 aliphatic carbocycles. The monoisotopic (exact) mass is 416 g/mol. The fourth-order valence-electron chi connectivity index (χ4n) is 3.11. The van der Waals surface area contributed by atoms with Crippen molar-refractivity contribution in [3.8, 4) is 5.69 Å². The number of ketones is 1. The lowest BCUT2D eigenvalue weighted by molar-refractivity contribution is 0.0472. The molecule has 0 spiro atoms. The average molecular weight is 416 g/mol. The molecule has 0 bridgehead atoms. The van der Waals surface area contributed by atoms with Gasteiger partial charge in [0.05, 0.1) is 11.2 Å². The second-order valence-electron chi connectivity index (χ2n) is 6.55. The smallest absolute Gasteiger partial charge is 0.342 e. The van der Waals surface area contributed by atoms with E-state index in [0.717, 1.165) is 5.69 Å². The lowest BCUT2D eigenvalue weighted by Gasteiger charge is -2.10. The van der Waals surface area contributed by atoms with Crippen LogP contribution >= 0.6 is 0 Å². The molecule has 8 nitrogen and oxygen atoms in total. The fraction of sp³-hybridized carbons (Fsp3) is 0.200. The molecule has 0 atom stereocenters. The Kier molecular flexibility index (Phi) is 5.45. The van der Waals surface area contributed by atoms with Crippen molar-refractivity contribution < 1.29 is 27.2 Å². The van der Waals surface area contributed by atoms with E-state index in [1.54, 1.807) is 32.0 Å². The zero-order valence-electron chi connectivity index (χ0n) is 16.1. The van der Waals surface area contributed by atoms with Crippen molar-refractivity contribution in [1.29, 1.82) is 0 Å². The van der Waals surface area contributed by atoms with Crippen LogP contribution < -0.4 is 5.14 Å². The number of nitrogens with zero attached hydrogens (tertiary/aromatic N) is 1. The number of sulfonamides is 1. The van der Waals surface area contributed by atoms with Crippen molar-refractivity contribution in [3.63, 3.8) is 0 Å². The van der Waals surface area contributed by atoms with Crippen molar-refractivity contribution in [2.75, 3.05) is 6.61 Å². The van der Waals surface area contributed by atoms with E-state index in [-0.39, 0.29) is 16.2 Å². The van der Waals surface area contributed by atoms with Gasteiger partial charge in [0.2, 0.25) is 15.8 Å². The molecule has 1 aromatic carbocycles. The summed E-state index contributed by atoms with van der Waals surface area (Å²) in [4.78, 5) is 24.7. The molecule has 0 saturated heterocycles. The van der Waals surface area contributed by atoms with Gasteiger partial charge in [-0.05, 0) is 57.2 Å². The highest BCUT2D eigenvalue weighted by molar-refractivity contribution is 7.89. The van der Waals surface area contributed by atoms with Crippen LogP contribution in [0.2, 0.25) is 0 Å². The molecule has 0 fully saturated rings. The maximum absolute atomic E-state index is 12.6. The van der Waals surface area contributed by atoms with Crippen molar-refractivity contribution in [1.82, 2.24) is 4.57 Å². The maximum Gasteiger partial charge on any atom is 0.342 e. The summed E-state index contributed by atoms with van der Waals surface area (Å²) in [5.41, 5.74) is 2.78. The summed E-state index contributed by atoms with van der Waals surface area (Å²) in [6, 6.07) is 9.20. The maximum atomic E-state index is 12.6. The number of hydrogen-bond acceptors (Lipinski definition) is 6. The zero-order chi connectivity index (χ0) is 21.3. The second kappa shape index (κ2) is 7.69. The van der Waals surface area contributed by atoms with E-state index >= 15 is 0 Å². The first-order valence-corrected chi connectivity index (χ1v) is 10.2. The highest BCUT2D eigenvalue weighted by Crippen LogP contribution is 2.22. The van der Waals surface area contributed by atoms with E-state index in [4.69, 9.17) is 14.3 Å². The van der Waals surface area contributed by atoms with Crippen molar-refractivity contribution in [3.05, 3.63) is 70.9 Å². The van der Waals surface area contributed by atoms with Gasteiger partial charge in [-0.2, -0.15) is 0 Å². The molecule has 29 heavy (non-hydrogen) atoms. The summed E-state index contributed by atoms with van der Waals surface area (Å²) in [7, 11) is -3.79. The predicted octanol–water partition coefficient (Wildman–Crippen LogP) is 2.68. The van der Waals surface area contributed by atoms with Gasteiger partial charge in [-0.15, -0.1) is 0 Å². The van der Waals surface area contributed by atoms with Crippen LogP contribution in [0.1, 0.15) is 37.9 Å². The molecule has 0 unspecified atom stereocenters. The Bertz CT molecular complexity index is 1190. The van der Waals surface area contributed by atoms with Crippen molar-refractivity contribution in [2.45, 2.75) is 25.7 Å². The molecule has 0 aliphatic rings. The predicted molar refractivity (Wildman–Crippen MR) is 105 cm³/mol. The van der Waals surface area contributed by atoms with Crippen LogP contribution in [-0.4, -0.2) is 31.3 Å². The van der Waals surface area contributed by atoms with Crippen LogP contribution in [-0.2, 0) is 14.8 Å². The van der Waals surface area contributed by atoms with Gasteiger partial charge < -0.3 is 13.7 Å². The number of primary sulfonamides is 1. The fourth-order valence-corrected chi connectivity index (χ4v) is 3.63. The van der Waals surface area contributed by atoms with E-state index < -0.39 is 22.6 Å². The average Bonchev–Trinajstić information content (AvgIpc) is 3.21. The first-order valence-electron chi connectivity index (χ1n) is 8.66. The standard InChI is InChI=1S/C20H20N2O6S/c1-12-10-18(19(23)11-28-20(24)17-8-9-27-14(17)3)13(2)22(12)15-4-6-16(7-5-15)29(21,25)26/h4-10H,11H2,1-3H3,(H2,21,25,26). The SMILES string of the molecule is Cc1occc1C(=O)OCC(=O)c1cc(C)n(-c2ccc(S(N)(=O)=O)cc2)c1C.